The third kappa shape index (κ3) is 5.15. The third-order valence-electron chi connectivity index (χ3n) is 20.6. The van der Waals surface area contributed by atoms with Gasteiger partial charge in [-0.3, -0.25) is 14.9 Å². The molecular weight excluding hydrogens is 821 g/mol. The van der Waals surface area contributed by atoms with Gasteiger partial charge in [0.2, 0.25) is 0 Å². The minimum absolute atomic E-state index is 0.0200. The van der Waals surface area contributed by atoms with Crippen molar-refractivity contribution in [2.45, 2.75) is 152 Å². The van der Waals surface area contributed by atoms with Crippen LogP contribution in [0.15, 0.2) is 29.0 Å². The molecule has 1 aromatic heterocycles. The fraction of sp³-hybridized carbons (Fsp3) is 0.820. The number of ether oxygens (including phenoxy) is 4. The first-order chi connectivity index (χ1) is 30.7. The van der Waals surface area contributed by atoms with E-state index < -0.39 is 81.2 Å². The maximum atomic E-state index is 15.6. The van der Waals surface area contributed by atoms with Crippen LogP contribution in [0.5, 0.6) is 0 Å². The lowest BCUT2D eigenvalue weighted by atomic mass is 9.32. The molecule has 14 nitrogen and oxygen atoms in total. The maximum Gasteiger partial charge on any atom is 0.339 e. The lowest BCUT2D eigenvalue weighted by Crippen LogP contribution is -2.79. The van der Waals surface area contributed by atoms with E-state index in [2.05, 4.69) is 29.4 Å². The minimum Gasteiger partial charge on any atom is -0.469 e. The number of cyclic esters (lactones) is 2. The molecule has 3 spiro atoms. The number of aliphatic hydroxyl groups is 4. The van der Waals surface area contributed by atoms with Crippen LogP contribution in [0, 0.1) is 69.0 Å². The Balaban J connectivity index is 0.944. The Hall–Kier alpha value is -2.85. The molecule has 5 saturated heterocycles. The number of allylic oxidation sites excluding steroid dienone is 1. The van der Waals surface area contributed by atoms with Gasteiger partial charge in [-0.15, -0.1) is 0 Å². The second-order valence-electron chi connectivity index (χ2n) is 23.3. The molecule has 64 heavy (non-hydrogen) atoms. The van der Waals surface area contributed by atoms with Crippen molar-refractivity contribution in [3.63, 3.8) is 0 Å². The first kappa shape index (κ1) is 42.5. The number of furan rings is 1. The first-order valence-electron chi connectivity index (χ1n) is 24.8. The highest BCUT2D eigenvalue weighted by Crippen LogP contribution is 2.83. The molecule has 5 saturated carbocycles. The summed E-state index contributed by atoms with van der Waals surface area (Å²) < 4.78 is 33.5. The van der Waals surface area contributed by atoms with Gasteiger partial charge in [0.1, 0.15) is 30.2 Å². The summed E-state index contributed by atoms with van der Waals surface area (Å²) in [5.74, 6) is -1.31. The number of carbonyl (C=O) groups excluding carboxylic acids is 3. The van der Waals surface area contributed by atoms with Crippen LogP contribution in [0.3, 0.4) is 0 Å². The van der Waals surface area contributed by atoms with Crippen LogP contribution in [-0.2, 0) is 39.8 Å². The molecule has 0 amide bonds. The first-order valence-corrected chi connectivity index (χ1v) is 24.8. The number of fused-ring (bicyclic) bond motifs is 5. The zero-order valence-electron chi connectivity index (χ0n) is 37.6. The van der Waals surface area contributed by atoms with E-state index in [-0.39, 0.29) is 55.2 Å². The van der Waals surface area contributed by atoms with Crippen molar-refractivity contribution in [2.24, 2.45) is 69.0 Å². The molecule has 18 unspecified atom stereocenters. The number of hydrogen-bond acceptors (Lipinski definition) is 14. The summed E-state index contributed by atoms with van der Waals surface area (Å²) in [4.78, 5) is 47.0. The predicted molar refractivity (Wildman–Crippen MR) is 226 cm³/mol. The molecule has 0 aromatic carbocycles. The van der Waals surface area contributed by atoms with E-state index in [0.29, 0.717) is 67.7 Å². The number of hydrogen-bond donors (Lipinski definition) is 5. The van der Waals surface area contributed by atoms with Crippen molar-refractivity contribution in [1.29, 1.82) is 0 Å². The molecule has 10 fully saturated rings. The monoisotopic (exact) mass is 888 g/mol. The molecule has 14 heteroatoms. The Labute approximate surface area is 375 Å². The summed E-state index contributed by atoms with van der Waals surface area (Å²) in [5, 5.41) is 49.2. The predicted octanol–water partition coefficient (Wildman–Crippen LogP) is 3.97. The molecular formula is C50H68N2O12. The highest BCUT2D eigenvalue weighted by Gasteiger charge is 2.93. The average Bonchev–Trinajstić information content (AvgIpc) is 3.94. The fourth-order valence-electron chi connectivity index (χ4n) is 18.3. The van der Waals surface area contributed by atoms with Crippen molar-refractivity contribution in [3.05, 3.63) is 35.9 Å². The van der Waals surface area contributed by atoms with Gasteiger partial charge in [-0.2, -0.15) is 0 Å². The van der Waals surface area contributed by atoms with Gasteiger partial charge in [-0.25, -0.2) is 4.79 Å². The molecule has 5 aliphatic carbocycles. The van der Waals surface area contributed by atoms with E-state index in [4.69, 9.17) is 23.4 Å². The summed E-state index contributed by atoms with van der Waals surface area (Å²) in [5.41, 5.74) is -5.84. The van der Waals surface area contributed by atoms with E-state index in [9.17, 15) is 30.0 Å². The second-order valence-corrected chi connectivity index (χ2v) is 23.3. The van der Waals surface area contributed by atoms with Gasteiger partial charge in [-0.05, 0) is 132 Å². The summed E-state index contributed by atoms with van der Waals surface area (Å²) in [7, 11) is 0. The summed E-state index contributed by atoms with van der Waals surface area (Å²) in [6.07, 6.45) is 10.3. The van der Waals surface area contributed by atoms with Crippen LogP contribution in [0.2, 0.25) is 0 Å². The zero-order chi connectivity index (χ0) is 44.3. The van der Waals surface area contributed by atoms with Crippen molar-refractivity contribution in [2.75, 3.05) is 33.0 Å². The van der Waals surface area contributed by atoms with Gasteiger partial charge in [-0.1, -0.05) is 25.8 Å². The fourth-order valence-corrected chi connectivity index (χ4v) is 18.3. The van der Waals surface area contributed by atoms with E-state index in [1.165, 1.54) is 0 Å². The highest BCUT2D eigenvalue weighted by atomic mass is 16.7. The smallest absolute Gasteiger partial charge is 0.339 e. The van der Waals surface area contributed by atoms with Gasteiger partial charge < -0.3 is 48.7 Å². The van der Waals surface area contributed by atoms with E-state index in [1.807, 2.05) is 19.9 Å². The van der Waals surface area contributed by atoms with Gasteiger partial charge in [0.05, 0.1) is 48.7 Å². The molecule has 5 N–H and O–H groups in total. The van der Waals surface area contributed by atoms with Gasteiger partial charge in [0.25, 0.3) is 0 Å². The lowest BCUT2D eigenvalue weighted by molar-refractivity contribution is -0.282. The Morgan fingerprint density at radius 3 is 2.56 bits per heavy atom. The van der Waals surface area contributed by atoms with Crippen molar-refractivity contribution >= 4 is 17.7 Å². The summed E-state index contributed by atoms with van der Waals surface area (Å²) in [6, 6.07) is 2.34. The van der Waals surface area contributed by atoms with Gasteiger partial charge in [0, 0.05) is 47.4 Å². The highest BCUT2D eigenvalue weighted by molar-refractivity contribution is 5.93. The number of esters is 2. The minimum atomic E-state index is -1.47. The molecule has 0 radical (unpaired) electrons. The molecule has 350 valence electrons. The number of rotatable bonds is 8. The average molecular weight is 889 g/mol. The number of nitrogens with one attached hydrogen (secondary N) is 1. The molecule has 0 bridgehead atoms. The topological polar surface area (TPSA) is 201 Å². The molecule has 12 rings (SSSR count). The summed E-state index contributed by atoms with van der Waals surface area (Å²) >= 11 is 0. The number of carbonyl (C=O) groups is 3. The number of Topliss-reactive ketones (excluding diaryl/α,β-unsaturated/α-hetero) is 1. The molecule has 6 aliphatic heterocycles. The van der Waals surface area contributed by atoms with Crippen molar-refractivity contribution in [1.82, 2.24) is 10.2 Å². The largest absolute Gasteiger partial charge is 0.469 e. The third-order valence-corrected chi connectivity index (χ3v) is 20.6. The standard InChI is InChI=1S/C50H68N2O12/c1-45(2)38-37(56)39(57)49(29-6-4-5-7-29)36(48(38)24-61-44(59)47(43(48)64-45)15-10-26(20-47)22-53)11-14-46(3)40(62-42(58)41-50(46,49)63-41)31-13-17-60-35(31)19-32(34(55)23-54)27-8-9-30-28(18-27)12-16-52-25-51-21-33(30)52/h12-13,16-17,26-30,32-34,36,38-41,43,51,53-55,57H,4-11,14-15,18-25H2,1-3H3. The normalized spacial score (nSPS) is 49.5. The van der Waals surface area contributed by atoms with Crippen LogP contribution >= 0.6 is 0 Å². The maximum absolute atomic E-state index is 15.6. The Kier molecular flexibility index (Phi) is 9.52. The Bertz CT molecular complexity index is 2120. The quantitative estimate of drug-likeness (QED) is 0.186. The molecule has 11 aliphatic rings. The molecule has 1 aromatic rings. The van der Waals surface area contributed by atoms with E-state index in [1.54, 1.807) is 6.26 Å². The van der Waals surface area contributed by atoms with E-state index >= 15 is 4.79 Å². The molecule has 18 atom stereocenters. The number of aliphatic hydroxyl groups excluding tert-OH is 4. The number of nitrogens with zero attached hydrogens (tertiary/aromatic N) is 1. The van der Waals surface area contributed by atoms with E-state index in [0.717, 1.165) is 58.2 Å². The summed E-state index contributed by atoms with van der Waals surface area (Å²) in [6.45, 7) is 7.33. The van der Waals surface area contributed by atoms with Crippen LogP contribution in [0.25, 0.3) is 0 Å². The van der Waals surface area contributed by atoms with Crippen LogP contribution < -0.4 is 5.32 Å². The lowest BCUT2D eigenvalue weighted by Gasteiger charge is -2.70. The second kappa shape index (κ2) is 14.3. The zero-order valence-corrected chi connectivity index (χ0v) is 37.6. The van der Waals surface area contributed by atoms with Crippen LogP contribution in [-0.4, -0.2) is 118 Å². The number of ketones is 1. The Morgan fingerprint density at radius 2 is 1.80 bits per heavy atom. The number of epoxide rings is 1. The van der Waals surface area contributed by atoms with Crippen LogP contribution in [0.4, 0.5) is 0 Å². The van der Waals surface area contributed by atoms with Gasteiger partial charge in [0.15, 0.2) is 11.9 Å². The SMILES string of the molecule is CC1(C)OC2C3(CCC(CO)C3)C(=O)OCC23C1C(=O)C(O)C1(C2CCCC2)C3CCC2(C)C(c3ccoc3CC(C(O)CO)C3CCC4C(C=CN5CNCC45)C3)OC(=O)C3OC321. The molecule has 7 heterocycles. The van der Waals surface area contributed by atoms with Crippen molar-refractivity contribution in [3.8, 4) is 0 Å². The Morgan fingerprint density at radius 1 is 0.984 bits per heavy atom. The van der Waals surface area contributed by atoms with Crippen LogP contribution in [0.1, 0.15) is 115 Å². The van der Waals surface area contributed by atoms with Crippen molar-refractivity contribution < 1.29 is 58.2 Å². The van der Waals surface area contributed by atoms with Gasteiger partial charge >= 0.3 is 11.9 Å².